The van der Waals surface area contributed by atoms with Crippen LogP contribution in [0.4, 0.5) is 4.39 Å². The van der Waals surface area contributed by atoms with Gasteiger partial charge in [0.25, 0.3) is 5.91 Å². The van der Waals surface area contributed by atoms with Crippen molar-refractivity contribution in [3.8, 4) is 5.82 Å². The van der Waals surface area contributed by atoms with Crippen molar-refractivity contribution in [1.29, 1.82) is 0 Å². The number of nitrogens with one attached hydrogen (secondary N) is 1. The Hall–Kier alpha value is -2.77. The van der Waals surface area contributed by atoms with E-state index < -0.39 is 0 Å². The summed E-state index contributed by atoms with van der Waals surface area (Å²) in [4.78, 5) is 17.1. The number of thiophene rings is 1. The van der Waals surface area contributed by atoms with Gasteiger partial charge < -0.3 is 5.32 Å². The van der Waals surface area contributed by atoms with E-state index in [1.165, 1.54) is 23.5 Å². The van der Waals surface area contributed by atoms with Crippen molar-refractivity contribution in [3.05, 3.63) is 76.3 Å². The molecule has 0 aliphatic rings. The molecule has 5 nitrogen and oxygen atoms in total. The summed E-state index contributed by atoms with van der Waals surface area (Å²) in [7, 11) is 0. The van der Waals surface area contributed by atoms with E-state index in [-0.39, 0.29) is 11.7 Å². The maximum atomic E-state index is 13.4. The third-order valence-electron chi connectivity index (χ3n) is 3.80. The molecule has 8 heteroatoms. The summed E-state index contributed by atoms with van der Waals surface area (Å²) < 4.78 is 15.6. The Balaban J connectivity index is 1.53. The van der Waals surface area contributed by atoms with Gasteiger partial charge in [0.05, 0.1) is 5.02 Å². The van der Waals surface area contributed by atoms with Crippen molar-refractivity contribution >= 4 is 38.9 Å². The van der Waals surface area contributed by atoms with Crippen molar-refractivity contribution in [2.45, 2.75) is 6.54 Å². The summed E-state index contributed by atoms with van der Waals surface area (Å²) in [5.41, 5.74) is 0.877. The van der Waals surface area contributed by atoms with Crippen molar-refractivity contribution in [2.24, 2.45) is 0 Å². The van der Waals surface area contributed by atoms with Crippen LogP contribution in [0.1, 0.15) is 15.2 Å². The monoisotopic (exact) mass is 386 g/mol. The van der Waals surface area contributed by atoms with Gasteiger partial charge in [0.2, 0.25) is 0 Å². The van der Waals surface area contributed by atoms with Crippen molar-refractivity contribution < 1.29 is 9.18 Å². The maximum absolute atomic E-state index is 13.4. The Morgan fingerprint density at radius 2 is 2.15 bits per heavy atom. The molecule has 0 saturated heterocycles. The second-order valence-electron chi connectivity index (χ2n) is 5.54. The van der Waals surface area contributed by atoms with Gasteiger partial charge in [-0.3, -0.25) is 4.79 Å². The Morgan fingerprint density at radius 1 is 1.27 bits per heavy atom. The Kier molecular flexibility index (Phi) is 4.40. The molecular weight excluding hydrogens is 375 g/mol. The first-order valence-corrected chi connectivity index (χ1v) is 8.92. The van der Waals surface area contributed by atoms with Gasteiger partial charge in [-0.25, -0.2) is 14.1 Å². The standard InChI is InChI=1S/C18H12ClFN4OS/c19-16-13-3-2-12(20)9-14(13)26-17(16)18(25)22-10-11-4-6-21-15(8-11)24-7-1-5-23-24/h1-9H,10H2,(H,22,25). The first-order valence-electron chi connectivity index (χ1n) is 7.72. The lowest BCUT2D eigenvalue weighted by molar-refractivity contribution is 0.0955. The number of carbonyl (C=O) groups is 1. The molecule has 4 rings (SSSR count). The molecule has 0 bridgehead atoms. The maximum Gasteiger partial charge on any atom is 0.263 e. The highest BCUT2D eigenvalue weighted by molar-refractivity contribution is 7.21. The van der Waals surface area contributed by atoms with Crippen LogP contribution in [0.5, 0.6) is 0 Å². The molecule has 0 aliphatic heterocycles. The minimum atomic E-state index is -0.356. The second kappa shape index (κ2) is 6.86. The first kappa shape index (κ1) is 16.7. The molecule has 0 unspecified atom stereocenters. The van der Waals surface area contributed by atoms with Gasteiger partial charge in [0, 0.05) is 35.2 Å². The van der Waals surface area contributed by atoms with Crippen LogP contribution in [0.15, 0.2) is 55.0 Å². The van der Waals surface area contributed by atoms with Gasteiger partial charge in [-0.05, 0) is 42.0 Å². The van der Waals surface area contributed by atoms with E-state index in [0.29, 0.717) is 32.3 Å². The van der Waals surface area contributed by atoms with E-state index in [9.17, 15) is 9.18 Å². The van der Waals surface area contributed by atoms with Gasteiger partial charge in [-0.1, -0.05) is 11.6 Å². The highest BCUT2D eigenvalue weighted by Gasteiger charge is 2.17. The fourth-order valence-electron chi connectivity index (χ4n) is 2.55. The van der Waals surface area contributed by atoms with Gasteiger partial charge in [-0.2, -0.15) is 5.10 Å². The van der Waals surface area contributed by atoms with Crippen LogP contribution in [-0.4, -0.2) is 20.7 Å². The third kappa shape index (κ3) is 3.18. The van der Waals surface area contributed by atoms with Crippen molar-refractivity contribution in [2.75, 3.05) is 0 Å². The number of hydrogen-bond donors (Lipinski definition) is 1. The number of fused-ring (bicyclic) bond motifs is 1. The number of carbonyl (C=O) groups excluding carboxylic acids is 1. The molecule has 130 valence electrons. The minimum absolute atomic E-state index is 0.297. The van der Waals surface area contributed by atoms with Gasteiger partial charge in [0.1, 0.15) is 10.7 Å². The lowest BCUT2D eigenvalue weighted by atomic mass is 10.2. The summed E-state index contributed by atoms with van der Waals surface area (Å²) in [5, 5.41) is 7.99. The van der Waals surface area contributed by atoms with E-state index in [4.69, 9.17) is 11.6 Å². The zero-order valence-electron chi connectivity index (χ0n) is 13.3. The zero-order valence-corrected chi connectivity index (χ0v) is 14.9. The highest BCUT2D eigenvalue weighted by atomic mass is 35.5. The van der Waals surface area contributed by atoms with Crippen molar-refractivity contribution in [1.82, 2.24) is 20.1 Å². The molecule has 0 aliphatic carbocycles. The van der Waals surface area contributed by atoms with E-state index >= 15 is 0 Å². The summed E-state index contributed by atoms with van der Waals surface area (Å²) in [5.74, 6) is 0.0106. The predicted octanol–water partition coefficient (Wildman–Crippen LogP) is 4.20. The average molecular weight is 387 g/mol. The van der Waals surface area contributed by atoms with Crippen LogP contribution < -0.4 is 5.32 Å². The summed E-state index contributed by atoms with van der Waals surface area (Å²) in [6.45, 7) is 0.314. The summed E-state index contributed by atoms with van der Waals surface area (Å²) in [6.07, 6.45) is 5.12. The molecule has 0 spiro atoms. The summed E-state index contributed by atoms with van der Waals surface area (Å²) in [6, 6.07) is 9.75. The molecular formula is C18H12ClFN4OS. The SMILES string of the molecule is O=C(NCc1ccnc(-n2cccn2)c1)c1sc2cc(F)ccc2c1Cl. The number of halogens is 2. The molecule has 4 aromatic rings. The van der Waals surface area contributed by atoms with Crippen LogP contribution in [0.2, 0.25) is 5.02 Å². The van der Waals surface area contributed by atoms with Crippen LogP contribution in [0.3, 0.4) is 0 Å². The quantitative estimate of drug-likeness (QED) is 0.571. The van der Waals surface area contributed by atoms with Crippen LogP contribution in [0.25, 0.3) is 15.9 Å². The number of pyridine rings is 1. The predicted molar refractivity (Wildman–Crippen MR) is 99.3 cm³/mol. The number of hydrogen-bond acceptors (Lipinski definition) is 4. The largest absolute Gasteiger partial charge is 0.347 e. The van der Waals surface area contributed by atoms with Crippen LogP contribution in [0, 0.1) is 5.82 Å². The smallest absolute Gasteiger partial charge is 0.263 e. The lowest BCUT2D eigenvalue weighted by Crippen LogP contribution is -2.22. The van der Waals surface area contributed by atoms with E-state index in [1.54, 1.807) is 29.3 Å². The Labute approximate surface area is 157 Å². The first-order chi connectivity index (χ1) is 12.6. The number of nitrogens with zero attached hydrogens (tertiary/aromatic N) is 3. The molecule has 1 N–H and O–H groups in total. The fourth-order valence-corrected chi connectivity index (χ4v) is 4.01. The van der Waals surface area contributed by atoms with Gasteiger partial charge >= 0.3 is 0 Å². The molecule has 3 aromatic heterocycles. The zero-order chi connectivity index (χ0) is 18.1. The molecule has 0 saturated carbocycles. The van der Waals surface area contributed by atoms with E-state index in [1.807, 2.05) is 18.2 Å². The molecule has 0 radical (unpaired) electrons. The van der Waals surface area contributed by atoms with Crippen LogP contribution >= 0.6 is 22.9 Å². The molecule has 0 fully saturated rings. The van der Waals surface area contributed by atoms with Gasteiger partial charge in [0.15, 0.2) is 5.82 Å². The minimum Gasteiger partial charge on any atom is -0.347 e. The topological polar surface area (TPSA) is 59.8 Å². The average Bonchev–Trinajstić information content (AvgIpc) is 3.28. The molecule has 0 atom stereocenters. The number of rotatable bonds is 4. The third-order valence-corrected chi connectivity index (χ3v) is 5.46. The summed E-state index contributed by atoms with van der Waals surface area (Å²) >= 11 is 7.46. The fraction of sp³-hybridized carbons (Fsp3) is 0.0556. The van der Waals surface area contributed by atoms with Gasteiger partial charge in [-0.15, -0.1) is 11.3 Å². The number of benzene rings is 1. The number of aromatic nitrogens is 3. The van der Waals surface area contributed by atoms with Crippen LogP contribution in [-0.2, 0) is 6.54 Å². The number of amides is 1. The normalized spacial score (nSPS) is 11.0. The van der Waals surface area contributed by atoms with Crippen molar-refractivity contribution in [3.63, 3.8) is 0 Å². The Morgan fingerprint density at radius 3 is 2.96 bits per heavy atom. The Bertz CT molecular complexity index is 1090. The van der Waals surface area contributed by atoms with E-state index in [2.05, 4.69) is 15.4 Å². The lowest BCUT2D eigenvalue weighted by Gasteiger charge is -2.06. The molecule has 3 heterocycles. The highest BCUT2D eigenvalue weighted by Crippen LogP contribution is 2.35. The van der Waals surface area contributed by atoms with E-state index in [0.717, 1.165) is 5.56 Å². The molecule has 1 aromatic carbocycles. The molecule has 26 heavy (non-hydrogen) atoms. The second-order valence-corrected chi connectivity index (χ2v) is 6.97. The molecule has 1 amide bonds.